The first-order valence-electron chi connectivity index (χ1n) is 18.6. The van der Waals surface area contributed by atoms with Gasteiger partial charge in [0.1, 0.15) is 10.6 Å². The lowest BCUT2D eigenvalue weighted by atomic mass is 9.99. The van der Waals surface area contributed by atoms with E-state index in [9.17, 15) is 21.6 Å². The summed E-state index contributed by atoms with van der Waals surface area (Å²) < 4.78 is 93.8. The zero-order valence-electron chi connectivity index (χ0n) is 30.5. The fourth-order valence-corrected chi connectivity index (χ4v) is 9.63. The molecule has 1 atom stereocenters. The van der Waals surface area contributed by atoms with E-state index in [4.69, 9.17) is 4.74 Å². The summed E-state index contributed by atoms with van der Waals surface area (Å²) in [7, 11) is -4.38. The van der Waals surface area contributed by atoms with Crippen LogP contribution in [0.5, 0.6) is 11.5 Å². The second-order valence-corrected chi connectivity index (χ2v) is 16.7. The molecule has 14 heteroatoms. The van der Waals surface area contributed by atoms with Gasteiger partial charge in [0.25, 0.3) is 0 Å². The molecule has 0 saturated carbocycles. The van der Waals surface area contributed by atoms with Gasteiger partial charge in [-0.15, -0.1) is 13.2 Å². The van der Waals surface area contributed by atoms with Crippen molar-refractivity contribution in [1.29, 1.82) is 0 Å². The van der Waals surface area contributed by atoms with Crippen molar-refractivity contribution < 1.29 is 35.5 Å². The van der Waals surface area contributed by atoms with Gasteiger partial charge in [0.15, 0.2) is 11.6 Å². The molecule has 3 aliphatic heterocycles. The van der Waals surface area contributed by atoms with Crippen LogP contribution in [0.1, 0.15) is 59.8 Å². The summed E-state index contributed by atoms with van der Waals surface area (Å²) >= 11 is 0. The Labute approximate surface area is 304 Å². The van der Waals surface area contributed by atoms with Crippen molar-refractivity contribution in [3.63, 3.8) is 0 Å². The number of ether oxygens (including phenoxy) is 2. The molecule has 3 saturated heterocycles. The van der Waals surface area contributed by atoms with Crippen LogP contribution in [0, 0.1) is 11.7 Å². The Morgan fingerprint density at radius 2 is 1.48 bits per heavy atom. The molecule has 3 fully saturated rings. The summed E-state index contributed by atoms with van der Waals surface area (Å²) in [5, 5.41) is 0.215. The maximum absolute atomic E-state index is 15.3. The third-order valence-corrected chi connectivity index (χ3v) is 12.6. The highest BCUT2D eigenvalue weighted by atomic mass is 32.2. The fourth-order valence-electron chi connectivity index (χ4n) is 8.18. The minimum atomic E-state index is -4.94. The molecule has 0 spiro atoms. The van der Waals surface area contributed by atoms with Gasteiger partial charge in [-0.25, -0.2) is 12.8 Å². The summed E-state index contributed by atoms with van der Waals surface area (Å²) in [6.07, 6.45) is 0.617. The van der Waals surface area contributed by atoms with Gasteiger partial charge in [-0.2, -0.15) is 0 Å². The molecular formula is C38H51F4N5O4S. The van der Waals surface area contributed by atoms with E-state index in [1.165, 1.54) is 43.3 Å². The molecule has 3 aliphatic rings. The summed E-state index contributed by atoms with van der Waals surface area (Å²) in [6, 6.07) is 8.21. The van der Waals surface area contributed by atoms with Crippen LogP contribution in [0.2, 0.25) is 0 Å². The van der Waals surface area contributed by atoms with Crippen LogP contribution in [-0.2, 0) is 9.84 Å². The van der Waals surface area contributed by atoms with Gasteiger partial charge in [0.2, 0.25) is 9.84 Å². The van der Waals surface area contributed by atoms with E-state index < -0.39 is 27.8 Å². The number of alkyl halides is 3. The Bertz CT molecular complexity index is 1790. The van der Waals surface area contributed by atoms with E-state index in [2.05, 4.69) is 31.3 Å². The number of piperidine rings is 2. The Morgan fingerprint density at radius 1 is 0.865 bits per heavy atom. The number of pyridine rings is 1. The molecular weight excluding hydrogens is 699 g/mol. The summed E-state index contributed by atoms with van der Waals surface area (Å²) in [4.78, 5) is 13.4. The maximum Gasteiger partial charge on any atom is 0.573 e. The smallest absolute Gasteiger partial charge is 0.488 e. The first-order chi connectivity index (χ1) is 24.7. The van der Waals surface area contributed by atoms with Crippen molar-refractivity contribution in [2.24, 2.45) is 5.92 Å². The van der Waals surface area contributed by atoms with E-state index in [0.29, 0.717) is 43.0 Å². The number of aromatic nitrogens is 1. The Kier molecular flexibility index (Phi) is 11.9. The molecule has 0 N–H and O–H groups in total. The number of hydrogen-bond acceptors (Lipinski definition) is 9. The van der Waals surface area contributed by atoms with Gasteiger partial charge in [0, 0.05) is 62.9 Å². The normalized spacial score (nSPS) is 20.1. The van der Waals surface area contributed by atoms with Gasteiger partial charge in [-0.05, 0) is 101 Å². The van der Waals surface area contributed by atoms with Gasteiger partial charge in [-0.1, -0.05) is 20.8 Å². The largest absolute Gasteiger partial charge is 0.573 e. The number of sulfone groups is 1. The summed E-state index contributed by atoms with van der Waals surface area (Å²) in [5.41, 5.74) is 0.561. The third kappa shape index (κ3) is 8.94. The van der Waals surface area contributed by atoms with Crippen LogP contribution < -0.4 is 14.4 Å². The van der Waals surface area contributed by atoms with Gasteiger partial charge in [0.05, 0.1) is 22.2 Å². The van der Waals surface area contributed by atoms with E-state index in [1.807, 2.05) is 25.7 Å². The fraction of sp³-hybridized carbons (Fsp3) is 0.605. The molecule has 6 rings (SSSR count). The van der Waals surface area contributed by atoms with Crippen molar-refractivity contribution >= 4 is 26.4 Å². The Morgan fingerprint density at radius 3 is 2.04 bits per heavy atom. The molecule has 0 aliphatic carbocycles. The van der Waals surface area contributed by atoms with Crippen LogP contribution in [0.15, 0.2) is 52.4 Å². The maximum atomic E-state index is 15.3. The SMILES string of the molecule is CCN1CCC(N2CCN(C3CCN(c4c(S(=O)(=O)c5ccc(OC(C)CC(C)C)c(F)c5)cnc5ccc(OC(F)(F)F)cc45)CC3)CC2)CC1. The molecule has 286 valence electrons. The predicted molar refractivity (Wildman–Crippen MR) is 193 cm³/mol. The average Bonchev–Trinajstić information content (AvgIpc) is 3.11. The highest BCUT2D eigenvalue weighted by Crippen LogP contribution is 2.40. The molecule has 0 amide bonds. The van der Waals surface area contributed by atoms with Crippen molar-refractivity contribution in [3.05, 3.63) is 48.4 Å². The lowest BCUT2D eigenvalue weighted by Gasteiger charge is -2.46. The number of piperazine rings is 1. The molecule has 52 heavy (non-hydrogen) atoms. The molecule has 0 bridgehead atoms. The van der Waals surface area contributed by atoms with E-state index in [0.717, 1.165) is 70.8 Å². The minimum Gasteiger partial charge on any atom is -0.488 e. The highest BCUT2D eigenvalue weighted by molar-refractivity contribution is 7.91. The predicted octanol–water partition coefficient (Wildman–Crippen LogP) is 6.99. The third-order valence-electron chi connectivity index (χ3n) is 10.8. The first kappa shape index (κ1) is 38.5. The first-order valence-corrected chi connectivity index (χ1v) is 20.0. The van der Waals surface area contributed by atoms with Gasteiger partial charge >= 0.3 is 6.36 Å². The van der Waals surface area contributed by atoms with Crippen LogP contribution in [0.25, 0.3) is 10.9 Å². The molecule has 1 aromatic heterocycles. The van der Waals surface area contributed by atoms with Crippen molar-refractivity contribution in [3.8, 4) is 11.5 Å². The number of likely N-dealkylation sites (tertiary alicyclic amines) is 1. The highest BCUT2D eigenvalue weighted by Gasteiger charge is 2.35. The van der Waals surface area contributed by atoms with Crippen LogP contribution in [0.4, 0.5) is 23.2 Å². The molecule has 2 aromatic carbocycles. The Balaban J connectivity index is 1.24. The molecule has 0 radical (unpaired) electrons. The second-order valence-electron chi connectivity index (χ2n) is 14.8. The minimum absolute atomic E-state index is 0.0531. The summed E-state index contributed by atoms with van der Waals surface area (Å²) in [5.74, 6) is -1.02. The van der Waals surface area contributed by atoms with E-state index in [1.54, 1.807) is 0 Å². The zero-order chi connectivity index (χ0) is 37.2. The number of benzene rings is 2. The molecule has 1 unspecified atom stereocenters. The van der Waals surface area contributed by atoms with Crippen molar-refractivity contribution in [1.82, 2.24) is 19.7 Å². The molecule has 3 aromatic rings. The monoisotopic (exact) mass is 749 g/mol. The number of fused-ring (bicyclic) bond motifs is 1. The van der Waals surface area contributed by atoms with Gasteiger partial charge in [-0.3, -0.25) is 14.8 Å². The van der Waals surface area contributed by atoms with E-state index in [-0.39, 0.29) is 32.7 Å². The second kappa shape index (κ2) is 16.0. The average molecular weight is 750 g/mol. The van der Waals surface area contributed by atoms with Crippen molar-refractivity contribution in [2.45, 2.75) is 94.1 Å². The number of hydrogen-bond donors (Lipinski definition) is 0. The van der Waals surface area contributed by atoms with Crippen LogP contribution in [-0.4, -0.2) is 112 Å². The topological polar surface area (TPSA) is 78.5 Å². The zero-order valence-corrected chi connectivity index (χ0v) is 31.4. The number of nitrogens with zero attached hydrogens (tertiary/aromatic N) is 5. The Hall–Kier alpha value is -3.20. The standard InChI is InChI=1S/C38H51F4N5O4S/c1-5-44-14-10-28(11-15-44)45-18-20-46(21-19-45)29-12-16-47(17-13-29)37-32-23-30(51-38(40,41)42)6-8-34(32)43-25-36(37)52(48,49)31-7-9-35(33(39)24-31)50-27(4)22-26(2)3/h6-9,23-29H,5,10-22H2,1-4H3. The van der Waals surface area contributed by atoms with Gasteiger partial charge < -0.3 is 19.3 Å². The number of halogens is 4. The van der Waals surface area contributed by atoms with E-state index >= 15 is 4.39 Å². The number of anilines is 1. The lowest BCUT2D eigenvalue weighted by molar-refractivity contribution is -0.274. The lowest BCUT2D eigenvalue weighted by Crippen LogP contribution is -2.56. The quantitative estimate of drug-likeness (QED) is 0.193. The number of rotatable bonds is 11. The molecule has 9 nitrogen and oxygen atoms in total. The van der Waals surface area contributed by atoms with Crippen LogP contribution >= 0.6 is 0 Å². The van der Waals surface area contributed by atoms with Crippen molar-refractivity contribution in [2.75, 3.05) is 63.8 Å². The summed E-state index contributed by atoms with van der Waals surface area (Å²) in [6.45, 7) is 16.5. The van der Waals surface area contributed by atoms with Crippen LogP contribution in [0.3, 0.4) is 0 Å². The molecule has 4 heterocycles.